The van der Waals surface area contributed by atoms with Gasteiger partial charge in [-0.25, -0.2) is 0 Å². The number of methoxy groups -OCH3 is 2. The highest BCUT2D eigenvalue weighted by Gasteiger charge is 2.55. The normalized spacial score (nSPS) is 49.0. The molecule has 64 heavy (non-hydrogen) atoms. The summed E-state index contributed by atoms with van der Waals surface area (Å²) >= 11 is 0. The van der Waals surface area contributed by atoms with Crippen molar-refractivity contribution < 1.29 is 82.9 Å². The summed E-state index contributed by atoms with van der Waals surface area (Å²) in [7, 11) is 6.47. The van der Waals surface area contributed by atoms with Crippen molar-refractivity contribution in [1.82, 2.24) is 4.90 Å². The Labute approximate surface area is 378 Å². The van der Waals surface area contributed by atoms with Crippen LogP contribution in [-0.4, -0.2) is 192 Å². The van der Waals surface area contributed by atoms with Crippen LogP contribution in [0.3, 0.4) is 0 Å². The van der Waals surface area contributed by atoms with Crippen LogP contribution in [0.4, 0.5) is 0 Å². The van der Waals surface area contributed by atoms with E-state index in [1.54, 1.807) is 66.6 Å². The number of allylic oxidation sites excluding steroid dienone is 3. The lowest BCUT2D eigenvalue weighted by molar-refractivity contribution is -0.341. The summed E-state index contributed by atoms with van der Waals surface area (Å²) in [5.74, 6) is -2.85. The first-order chi connectivity index (χ1) is 30.0. The molecule has 5 aliphatic rings. The molecule has 2 bridgehead atoms. The third kappa shape index (κ3) is 11.6. The molecule has 6 N–H and O–H groups in total. The molecule has 5 rings (SSSR count). The van der Waals surface area contributed by atoms with Gasteiger partial charge in [-0.1, -0.05) is 31.6 Å². The Morgan fingerprint density at radius 3 is 2.08 bits per heavy atom. The van der Waals surface area contributed by atoms with Crippen LogP contribution >= 0.6 is 0 Å². The number of ketones is 1. The fraction of sp³-hybridized carbons (Fsp3) is 0.870. The lowest BCUT2D eigenvalue weighted by atomic mass is 9.79. The molecule has 4 aliphatic heterocycles. The van der Waals surface area contributed by atoms with Crippen LogP contribution in [0.5, 0.6) is 0 Å². The van der Waals surface area contributed by atoms with E-state index in [2.05, 4.69) is 0 Å². The van der Waals surface area contributed by atoms with Crippen molar-refractivity contribution >= 4 is 11.8 Å². The van der Waals surface area contributed by atoms with Crippen molar-refractivity contribution in [1.29, 1.82) is 0 Å². The number of esters is 1. The average molecular weight is 916 g/mol. The smallest absolute Gasteiger partial charge is 0.308 e. The maximum atomic E-state index is 14.1. The van der Waals surface area contributed by atoms with Crippen LogP contribution in [-0.2, 0) is 52.2 Å². The Kier molecular flexibility index (Phi) is 18.2. The zero-order chi connectivity index (χ0) is 47.6. The molecular formula is C46H77NO17. The second-order valence-corrected chi connectivity index (χ2v) is 19.5. The van der Waals surface area contributed by atoms with Crippen LogP contribution in [0.2, 0.25) is 0 Å². The first-order valence-corrected chi connectivity index (χ1v) is 22.8. The second kappa shape index (κ2) is 22.0. The van der Waals surface area contributed by atoms with Gasteiger partial charge < -0.3 is 78.2 Å². The minimum absolute atomic E-state index is 0.0135. The summed E-state index contributed by atoms with van der Waals surface area (Å²) in [6.45, 7) is 13.7. The number of fused-ring (bicyclic) bond motifs is 2. The number of hydrogen-bond acceptors (Lipinski definition) is 18. The molecule has 18 heteroatoms. The number of carbonyl (C=O) groups is 2. The van der Waals surface area contributed by atoms with Gasteiger partial charge in [0.1, 0.15) is 42.7 Å². The van der Waals surface area contributed by atoms with Gasteiger partial charge >= 0.3 is 5.97 Å². The van der Waals surface area contributed by atoms with Gasteiger partial charge in [-0.05, 0) is 86.9 Å². The molecule has 0 aromatic rings. The van der Waals surface area contributed by atoms with Crippen molar-refractivity contribution in [2.24, 2.45) is 23.2 Å². The standard InChI is InChI=1S/C46H77NO17/c1-13-30-28(21-58-44-41(57-12)40(56-11)36(52)24(4)60-44)16-22(2)14-15-31(49)45(7)19-27(17-32(45)50)38(23(3)29(48)18-33(51)62-30)64-43-37(53)35(47(9)10)39(25(5)61-43)63-34-20-46(8,55)42(54)26(6)59-34/h14-16,23-30,32,34-44,48,50,52-55H,13,17-21H2,1-12H3/b15-14+,22-16-/t23-,24+,25+,26-,27-,28?,29+,30+,32+,34-,35+,36+,37+,38?,39+,40+,41+,42-,43-,44+,45-,46+/m0/s1. The van der Waals surface area contributed by atoms with Crippen LogP contribution in [0, 0.1) is 23.2 Å². The van der Waals surface area contributed by atoms with E-state index in [9.17, 15) is 40.2 Å². The fourth-order valence-corrected chi connectivity index (χ4v) is 10.3. The van der Waals surface area contributed by atoms with Gasteiger partial charge in [0, 0.05) is 32.5 Å². The molecular weight excluding hydrogens is 838 g/mol. The molecule has 0 aromatic carbocycles. The van der Waals surface area contributed by atoms with Crippen molar-refractivity contribution in [2.45, 2.75) is 197 Å². The first kappa shape index (κ1) is 53.0. The van der Waals surface area contributed by atoms with Crippen molar-refractivity contribution in [3.63, 3.8) is 0 Å². The molecule has 2 unspecified atom stereocenters. The lowest BCUT2D eigenvalue weighted by Gasteiger charge is -2.50. The van der Waals surface area contributed by atoms with E-state index in [4.69, 9.17) is 42.6 Å². The molecule has 0 radical (unpaired) electrons. The molecule has 368 valence electrons. The number of cyclic esters (lactones) is 1. The number of carbonyl (C=O) groups excluding carboxylic acids is 2. The summed E-state index contributed by atoms with van der Waals surface area (Å²) < 4.78 is 54.8. The van der Waals surface area contributed by atoms with E-state index >= 15 is 0 Å². The summed E-state index contributed by atoms with van der Waals surface area (Å²) in [6, 6.07) is -0.724. The van der Waals surface area contributed by atoms with Gasteiger partial charge in [0.15, 0.2) is 24.7 Å². The van der Waals surface area contributed by atoms with Gasteiger partial charge in [-0.15, -0.1) is 0 Å². The predicted octanol–water partition coefficient (Wildman–Crippen LogP) is 1.38. The van der Waals surface area contributed by atoms with Gasteiger partial charge in [-0.2, -0.15) is 0 Å². The number of rotatable bonds is 11. The summed E-state index contributed by atoms with van der Waals surface area (Å²) in [4.78, 5) is 29.7. The molecule has 18 nitrogen and oxygen atoms in total. The maximum absolute atomic E-state index is 14.1. The van der Waals surface area contributed by atoms with Crippen LogP contribution < -0.4 is 0 Å². The Morgan fingerprint density at radius 1 is 0.812 bits per heavy atom. The van der Waals surface area contributed by atoms with Gasteiger partial charge in [-0.3, -0.25) is 9.59 Å². The minimum Gasteiger partial charge on any atom is -0.462 e. The lowest BCUT2D eigenvalue weighted by Crippen LogP contribution is -2.65. The van der Waals surface area contributed by atoms with Crippen molar-refractivity contribution in [3.8, 4) is 0 Å². The summed E-state index contributed by atoms with van der Waals surface area (Å²) in [5.41, 5.74) is -2.05. The average Bonchev–Trinajstić information content (AvgIpc) is 3.54. The zero-order valence-corrected chi connectivity index (χ0v) is 39.6. The molecule has 3 saturated heterocycles. The molecule has 0 aromatic heterocycles. The maximum Gasteiger partial charge on any atom is 0.308 e. The SMILES string of the molecule is CC[C@H]1OC(=O)C[C@@H](O)[C@H](C)C(O[C@@H]2O[C@H](C)[C@@H](O[C@H]3C[C@@](C)(O)[C@@H](O)[C@H](C)O3)[C@H](N(C)C)[C@H]2O)[C@H]2C[C@@H](O)[C@@](C)(C2)C(=O)/C=C/C(C)=C\C1CO[C@@H]1O[C@H](C)[C@@H](O)[C@@H](OC)[C@H]1OC. The fourth-order valence-electron chi connectivity index (χ4n) is 10.3. The summed E-state index contributed by atoms with van der Waals surface area (Å²) in [5, 5.41) is 67.5. The van der Waals surface area contributed by atoms with Crippen LogP contribution in [0.1, 0.15) is 87.5 Å². The number of aliphatic hydroxyl groups excluding tert-OH is 5. The van der Waals surface area contributed by atoms with E-state index in [1.165, 1.54) is 27.2 Å². The quantitative estimate of drug-likeness (QED) is 0.161. The third-order valence-electron chi connectivity index (χ3n) is 14.4. The largest absolute Gasteiger partial charge is 0.462 e. The highest BCUT2D eigenvalue weighted by atomic mass is 16.7. The van der Waals surface area contributed by atoms with E-state index in [1.807, 2.05) is 13.0 Å². The highest BCUT2D eigenvalue weighted by Crippen LogP contribution is 2.47. The molecule has 4 fully saturated rings. The number of nitrogens with zero attached hydrogens (tertiary/aromatic N) is 1. The summed E-state index contributed by atoms with van der Waals surface area (Å²) in [6.07, 6.45) is -9.81. The molecule has 0 amide bonds. The number of hydrogen-bond donors (Lipinski definition) is 6. The third-order valence-corrected chi connectivity index (χ3v) is 14.4. The Morgan fingerprint density at radius 2 is 1.47 bits per heavy atom. The Hall–Kier alpha value is -1.98. The molecule has 0 spiro atoms. The van der Waals surface area contributed by atoms with Crippen molar-refractivity contribution in [2.75, 3.05) is 34.9 Å². The van der Waals surface area contributed by atoms with Crippen molar-refractivity contribution in [3.05, 3.63) is 23.8 Å². The van der Waals surface area contributed by atoms with E-state index in [0.717, 1.165) is 0 Å². The number of aliphatic hydroxyl groups is 6. The molecule has 1 aliphatic carbocycles. The Bertz CT molecular complexity index is 1610. The monoisotopic (exact) mass is 916 g/mol. The van der Waals surface area contributed by atoms with E-state index < -0.39 is 145 Å². The number of ether oxygens (including phenoxy) is 9. The second-order valence-electron chi connectivity index (χ2n) is 19.5. The molecule has 1 saturated carbocycles. The van der Waals surface area contributed by atoms with Gasteiger partial charge in [0.05, 0.1) is 66.7 Å². The molecule has 22 atom stereocenters. The van der Waals surface area contributed by atoms with Crippen LogP contribution in [0.15, 0.2) is 23.8 Å². The topological polar surface area (TPSA) is 242 Å². The number of likely N-dealkylation sites (N-methyl/N-ethyl adjacent to an activating group) is 1. The van der Waals surface area contributed by atoms with E-state index in [0.29, 0.717) is 12.0 Å². The highest BCUT2D eigenvalue weighted by molar-refractivity contribution is 5.95. The minimum atomic E-state index is -1.48. The Balaban J connectivity index is 1.40. The predicted molar refractivity (Wildman–Crippen MR) is 229 cm³/mol. The van der Waals surface area contributed by atoms with Crippen LogP contribution in [0.25, 0.3) is 0 Å². The van der Waals surface area contributed by atoms with E-state index in [-0.39, 0.29) is 31.7 Å². The zero-order valence-electron chi connectivity index (χ0n) is 39.6. The van der Waals surface area contributed by atoms with Gasteiger partial charge in [0.25, 0.3) is 0 Å². The van der Waals surface area contributed by atoms with Gasteiger partial charge in [0.2, 0.25) is 0 Å². The molecule has 4 heterocycles. The first-order valence-electron chi connectivity index (χ1n) is 22.8.